The van der Waals surface area contributed by atoms with Gasteiger partial charge >= 0.3 is 6.18 Å². The van der Waals surface area contributed by atoms with Crippen LogP contribution in [0.2, 0.25) is 5.02 Å². The van der Waals surface area contributed by atoms with Crippen LogP contribution in [0.3, 0.4) is 0 Å². The fourth-order valence-corrected chi connectivity index (χ4v) is 4.07. The molecule has 1 amide bonds. The number of carbonyl (C=O) groups excluding carboxylic acids is 1. The minimum absolute atomic E-state index is 0.159. The zero-order chi connectivity index (χ0) is 23.8. The summed E-state index contributed by atoms with van der Waals surface area (Å²) in [5.74, 6) is -2.70. The van der Waals surface area contributed by atoms with E-state index >= 15 is 0 Å². The first-order valence-electron chi connectivity index (χ1n) is 10.2. The van der Waals surface area contributed by atoms with Crippen molar-refractivity contribution in [3.63, 3.8) is 0 Å². The third-order valence-electron chi connectivity index (χ3n) is 5.51. The van der Waals surface area contributed by atoms with Crippen molar-refractivity contribution < 1.29 is 26.7 Å². The Kier molecular flexibility index (Phi) is 6.38. The van der Waals surface area contributed by atoms with E-state index < -0.39 is 35.2 Å². The van der Waals surface area contributed by atoms with E-state index in [4.69, 9.17) is 11.6 Å². The Morgan fingerprint density at radius 2 is 1.67 bits per heavy atom. The second-order valence-electron chi connectivity index (χ2n) is 7.85. The number of rotatable bonds is 4. The number of anilines is 1. The lowest BCUT2D eigenvalue weighted by Crippen LogP contribution is -2.40. The topological polar surface area (TPSA) is 66.9 Å². The molecule has 0 aliphatic heterocycles. The predicted molar refractivity (Wildman–Crippen MR) is 113 cm³/mol. The number of pyridine rings is 2. The molecule has 174 valence electrons. The molecule has 2 N–H and O–H groups in total. The molecule has 2 heterocycles. The molecular formula is C22H18ClF5N4O. The molecule has 0 saturated heterocycles. The normalized spacial score (nSPS) is 18.8. The van der Waals surface area contributed by atoms with E-state index in [0.29, 0.717) is 36.1 Å². The van der Waals surface area contributed by atoms with Gasteiger partial charge in [0.1, 0.15) is 5.69 Å². The van der Waals surface area contributed by atoms with Crippen molar-refractivity contribution in [2.24, 2.45) is 0 Å². The Morgan fingerprint density at radius 1 is 0.970 bits per heavy atom. The van der Waals surface area contributed by atoms with Gasteiger partial charge < -0.3 is 10.6 Å². The average Bonchev–Trinajstić information content (AvgIpc) is 2.76. The highest BCUT2D eigenvalue weighted by Crippen LogP contribution is 2.35. The minimum atomic E-state index is -4.60. The van der Waals surface area contributed by atoms with Crippen LogP contribution in [0, 0.1) is 11.8 Å². The molecular weight excluding hydrogens is 467 g/mol. The van der Waals surface area contributed by atoms with Crippen LogP contribution in [0.1, 0.15) is 41.9 Å². The Balaban J connectivity index is 1.45. The molecule has 3 aromatic rings. The number of alkyl halides is 3. The minimum Gasteiger partial charge on any atom is -0.382 e. The first-order chi connectivity index (χ1) is 15.6. The molecule has 11 heteroatoms. The number of halogens is 6. The molecule has 1 aromatic carbocycles. The number of nitrogens with zero attached hydrogens (tertiary/aromatic N) is 2. The van der Waals surface area contributed by atoms with E-state index in [1.165, 1.54) is 12.1 Å². The Morgan fingerprint density at radius 3 is 2.36 bits per heavy atom. The molecule has 5 nitrogen and oxygen atoms in total. The highest BCUT2D eigenvalue weighted by molar-refractivity contribution is 6.31. The molecule has 1 fully saturated rings. The van der Waals surface area contributed by atoms with Crippen molar-refractivity contribution in [2.45, 2.75) is 43.9 Å². The first kappa shape index (κ1) is 23.2. The number of benzene rings is 1. The van der Waals surface area contributed by atoms with Gasteiger partial charge in [0.2, 0.25) is 5.95 Å². The summed E-state index contributed by atoms with van der Waals surface area (Å²) >= 11 is 6.03. The summed E-state index contributed by atoms with van der Waals surface area (Å²) in [4.78, 5) is 19.2. The summed E-state index contributed by atoms with van der Waals surface area (Å²) in [6, 6.07) is 6.63. The quantitative estimate of drug-likeness (QED) is 0.366. The largest absolute Gasteiger partial charge is 0.433 e. The second-order valence-corrected chi connectivity index (χ2v) is 8.28. The molecule has 0 atom stereocenters. The molecule has 1 aliphatic rings. The number of hydrogen-bond acceptors (Lipinski definition) is 4. The van der Waals surface area contributed by atoms with Crippen LogP contribution in [0.5, 0.6) is 0 Å². The lowest BCUT2D eigenvalue weighted by molar-refractivity contribution is -0.140. The third kappa shape index (κ3) is 5.32. The highest BCUT2D eigenvalue weighted by atomic mass is 35.5. The van der Waals surface area contributed by atoms with E-state index in [0.717, 1.165) is 18.2 Å². The van der Waals surface area contributed by atoms with Crippen LogP contribution in [0.15, 0.2) is 36.4 Å². The van der Waals surface area contributed by atoms with Crippen molar-refractivity contribution in [2.75, 3.05) is 5.32 Å². The van der Waals surface area contributed by atoms with Crippen molar-refractivity contribution in [1.82, 2.24) is 15.3 Å². The summed E-state index contributed by atoms with van der Waals surface area (Å²) in [5, 5.41) is 6.64. The van der Waals surface area contributed by atoms with Gasteiger partial charge in [0.15, 0.2) is 11.5 Å². The van der Waals surface area contributed by atoms with Gasteiger partial charge in [0, 0.05) is 28.2 Å². The molecule has 1 saturated carbocycles. The van der Waals surface area contributed by atoms with Crippen LogP contribution < -0.4 is 10.6 Å². The van der Waals surface area contributed by atoms with Crippen LogP contribution in [-0.4, -0.2) is 28.0 Å². The second kappa shape index (κ2) is 9.09. The summed E-state index contributed by atoms with van der Waals surface area (Å²) in [7, 11) is 0. The zero-order valence-corrected chi connectivity index (χ0v) is 17.8. The fourth-order valence-electron chi connectivity index (χ4n) is 3.90. The lowest BCUT2D eigenvalue weighted by atomic mass is 9.90. The Labute approximate surface area is 190 Å². The van der Waals surface area contributed by atoms with E-state index in [9.17, 15) is 26.7 Å². The molecule has 0 radical (unpaired) electrons. The average molecular weight is 485 g/mol. The van der Waals surface area contributed by atoms with E-state index in [1.54, 1.807) is 6.07 Å². The van der Waals surface area contributed by atoms with E-state index in [2.05, 4.69) is 20.6 Å². The van der Waals surface area contributed by atoms with Crippen LogP contribution in [0.25, 0.3) is 10.9 Å². The van der Waals surface area contributed by atoms with Gasteiger partial charge in [0.05, 0.1) is 5.52 Å². The molecule has 2 aromatic heterocycles. The Hall–Kier alpha value is -3.01. The van der Waals surface area contributed by atoms with Gasteiger partial charge in [-0.15, -0.1) is 0 Å². The number of carbonyl (C=O) groups is 1. The summed E-state index contributed by atoms with van der Waals surface area (Å²) in [6.45, 7) is 0. The first-order valence-corrected chi connectivity index (χ1v) is 10.5. The summed E-state index contributed by atoms with van der Waals surface area (Å²) in [6.07, 6.45) is -2.54. The van der Waals surface area contributed by atoms with Gasteiger partial charge in [-0.1, -0.05) is 11.6 Å². The third-order valence-corrected chi connectivity index (χ3v) is 5.75. The van der Waals surface area contributed by atoms with Gasteiger partial charge in [0.25, 0.3) is 5.91 Å². The monoisotopic (exact) mass is 484 g/mol. The summed E-state index contributed by atoms with van der Waals surface area (Å²) < 4.78 is 66.9. The van der Waals surface area contributed by atoms with Gasteiger partial charge in [-0.05, 0) is 62.1 Å². The Bertz CT molecular complexity index is 1200. The van der Waals surface area contributed by atoms with Crippen LogP contribution in [0.4, 0.5) is 27.6 Å². The zero-order valence-electron chi connectivity index (χ0n) is 17.0. The van der Waals surface area contributed by atoms with E-state index in [-0.39, 0.29) is 23.3 Å². The molecule has 0 spiro atoms. The van der Waals surface area contributed by atoms with Crippen LogP contribution in [-0.2, 0) is 6.18 Å². The van der Waals surface area contributed by atoms with Gasteiger partial charge in [-0.3, -0.25) is 4.79 Å². The summed E-state index contributed by atoms with van der Waals surface area (Å²) in [5.41, 5.74) is -1.18. The standard InChI is InChI=1S/C22H18ClF5N4O/c23-11-1-7-16-14(9-11)17(10-18(31-16)22(26,27)28)29-12-2-4-13(5-3-12)30-21(33)20-15(24)6-8-19(25)32-20/h1,6-10,12-13H,2-5H2,(H,29,31)(H,30,33)/t12-,13+. The smallest absolute Gasteiger partial charge is 0.382 e. The molecule has 1 aliphatic carbocycles. The SMILES string of the molecule is O=C(N[C@H]1CC[C@@H](Nc2cc(C(F)(F)F)nc3ccc(Cl)cc23)CC1)c1nc(F)ccc1F. The van der Waals surface area contributed by atoms with Gasteiger partial charge in [-0.25, -0.2) is 14.4 Å². The lowest BCUT2D eigenvalue weighted by Gasteiger charge is -2.30. The molecule has 4 rings (SSSR count). The predicted octanol–water partition coefficient (Wildman–Crippen LogP) is 5.73. The number of aromatic nitrogens is 2. The van der Waals surface area contributed by atoms with Crippen molar-refractivity contribution in [1.29, 1.82) is 0 Å². The maximum Gasteiger partial charge on any atom is 0.433 e. The van der Waals surface area contributed by atoms with Gasteiger partial charge in [-0.2, -0.15) is 17.6 Å². The van der Waals surface area contributed by atoms with E-state index in [1.807, 2.05) is 0 Å². The highest BCUT2D eigenvalue weighted by Gasteiger charge is 2.34. The fraction of sp³-hybridized carbons (Fsp3) is 0.318. The van der Waals surface area contributed by atoms with Crippen LogP contribution >= 0.6 is 11.6 Å². The van der Waals surface area contributed by atoms with Crippen molar-refractivity contribution in [3.05, 3.63) is 64.6 Å². The molecule has 33 heavy (non-hydrogen) atoms. The molecule has 0 bridgehead atoms. The van der Waals surface area contributed by atoms with Crippen molar-refractivity contribution >= 4 is 34.1 Å². The molecule has 0 unspecified atom stereocenters. The number of amides is 1. The van der Waals surface area contributed by atoms with Crippen molar-refractivity contribution in [3.8, 4) is 0 Å². The number of fused-ring (bicyclic) bond motifs is 1. The maximum absolute atomic E-state index is 13.8. The number of hydrogen-bond donors (Lipinski definition) is 2. The maximum atomic E-state index is 13.8. The number of nitrogens with one attached hydrogen (secondary N) is 2.